The maximum absolute atomic E-state index is 6.63. The van der Waals surface area contributed by atoms with E-state index in [1.54, 1.807) is 0 Å². The van der Waals surface area contributed by atoms with Crippen molar-refractivity contribution in [2.24, 2.45) is 0 Å². The van der Waals surface area contributed by atoms with E-state index in [1.807, 2.05) is 12.1 Å². The van der Waals surface area contributed by atoms with Crippen LogP contribution in [0.1, 0.15) is 11.1 Å². The number of aryl methyl sites for hydroxylation is 2. The number of rotatable bonds is 2. The normalized spacial score (nSPS) is 12.7. The topological polar surface area (TPSA) is 18.5 Å². The summed E-state index contributed by atoms with van der Waals surface area (Å²) in [5, 5.41) is 0. The Labute approximate surface area is 205 Å². The molecular formula is C32H23BO2. The minimum absolute atomic E-state index is 0.0432. The van der Waals surface area contributed by atoms with Gasteiger partial charge in [-0.1, -0.05) is 84.9 Å². The second-order valence-electron chi connectivity index (χ2n) is 9.41. The first-order valence-corrected chi connectivity index (χ1v) is 12.1. The van der Waals surface area contributed by atoms with Gasteiger partial charge in [-0.25, -0.2) is 0 Å². The highest BCUT2D eigenvalue weighted by atomic mass is 16.5. The van der Waals surface area contributed by atoms with Crippen LogP contribution in [0.25, 0.3) is 22.3 Å². The zero-order chi connectivity index (χ0) is 23.5. The summed E-state index contributed by atoms with van der Waals surface area (Å²) in [5.41, 5.74) is 10.7. The largest absolute Gasteiger partial charge is 0.458 e. The van der Waals surface area contributed by atoms with Gasteiger partial charge in [0.05, 0.1) is 0 Å². The molecule has 2 nitrogen and oxygen atoms in total. The lowest BCUT2D eigenvalue weighted by atomic mass is 9.34. The van der Waals surface area contributed by atoms with Gasteiger partial charge >= 0.3 is 0 Å². The highest BCUT2D eigenvalue weighted by Crippen LogP contribution is 2.40. The molecule has 2 aliphatic heterocycles. The fourth-order valence-electron chi connectivity index (χ4n) is 5.61. The van der Waals surface area contributed by atoms with Crippen LogP contribution in [0.2, 0.25) is 0 Å². The highest BCUT2D eigenvalue weighted by molar-refractivity contribution is 6.98. The summed E-state index contributed by atoms with van der Waals surface area (Å²) in [7, 11) is 0. The molecule has 0 amide bonds. The maximum atomic E-state index is 6.63. The fourth-order valence-corrected chi connectivity index (χ4v) is 5.61. The van der Waals surface area contributed by atoms with E-state index in [4.69, 9.17) is 9.47 Å². The van der Waals surface area contributed by atoms with Crippen molar-refractivity contribution in [2.75, 3.05) is 0 Å². The minimum atomic E-state index is 0.0432. The average molecular weight is 450 g/mol. The summed E-state index contributed by atoms with van der Waals surface area (Å²) >= 11 is 0. The van der Waals surface area contributed by atoms with Crippen molar-refractivity contribution in [3.63, 3.8) is 0 Å². The third-order valence-electron chi connectivity index (χ3n) is 7.32. The predicted octanol–water partition coefficient (Wildman–Crippen LogP) is 6.37. The second kappa shape index (κ2) is 7.64. The first kappa shape index (κ1) is 20.2. The summed E-state index contributed by atoms with van der Waals surface area (Å²) in [4.78, 5) is 0. The predicted molar refractivity (Wildman–Crippen MR) is 144 cm³/mol. The Hall–Kier alpha value is -4.24. The van der Waals surface area contributed by atoms with E-state index >= 15 is 0 Å². The van der Waals surface area contributed by atoms with Crippen molar-refractivity contribution in [1.29, 1.82) is 0 Å². The molecule has 0 aliphatic carbocycles. The minimum Gasteiger partial charge on any atom is -0.458 e. The molecule has 0 aromatic heterocycles. The first-order chi connectivity index (χ1) is 17.2. The fraction of sp³-hybridized carbons (Fsp3) is 0.0625. The molecule has 0 saturated heterocycles. The summed E-state index contributed by atoms with van der Waals surface area (Å²) in [6, 6.07) is 36.3. The van der Waals surface area contributed by atoms with Crippen LogP contribution in [0.3, 0.4) is 0 Å². The Morgan fingerprint density at radius 3 is 1.94 bits per heavy atom. The van der Waals surface area contributed by atoms with E-state index in [0.717, 1.165) is 34.0 Å². The summed E-state index contributed by atoms with van der Waals surface area (Å²) in [6.45, 7) is 4.36. The molecule has 0 saturated carbocycles. The molecule has 0 atom stereocenters. The Balaban J connectivity index is 1.48. The van der Waals surface area contributed by atoms with Gasteiger partial charge in [0.25, 0.3) is 6.71 Å². The molecule has 5 aromatic carbocycles. The Morgan fingerprint density at radius 2 is 1.17 bits per heavy atom. The number of hydrogen-bond donors (Lipinski definition) is 0. The van der Waals surface area contributed by atoms with Crippen LogP contribution in [-0.2, 0) is 0 Å². The Bertz CT molecular complexity index is 1630. The SMILES string of the molecule is Cc1ccccc1-c1ccc2c(c1)B1c3cccc(-c4ccccc4C)c3Oc3cccc(c31)O2. The van der Waals surface area contributed by atoms with Crippen LogP contribution in [-0.4, -0.2) is 6.71 Å². The van der Waals surface area contributed by atoms with Crippen LogP contribution >= 0.6 is 0 Å². The van der Waals surface area contributed by atoms with Crippen molar-refractivity contribution in [3.8, 4) is 45.3 Å². The van der Waals surface area contributed by atoms with Gasteiger partial charge in [-0.05, 0) is 70.8 Å². The van der Waals surface area contributed by atoms with E-state index < -0.39 is 0 Å². The van der Waals surface area contributed by atoms with E-state index in [-0.39, 0.29) is 6.71 Å². The Kier molecular flexibility index (Phi) is 4.40. The van der Waals surface area contributed by atoms with Crippen molar-refractivity contribution in [1.82, 2.24) is 0 Å². The molecule has 0 fully saturated rings. The molecule has 166 valence electrons. The maximum Gasteiger partial charge on any atom is 0.260 e. The van der Waals surface area contributed by atoms with Gasteiger partial charge in [-0.15, -0.1) is 0 Å². The van der Waals surface area contributed by atoms with Crippen LogP contribution < -0.4 is 25.9 Å². The average Bonchev–Trinajstić information content (AvgIpc) is 2.89. The third kappa shape index (κ3) is 3.05. The zero-order valence-corrected chi connectivity index (χ0v) is 19.7. The summed E-state index contributed by atoms with van der Waals surface area (Å²) < 4.78 is 13.0. The monoisotopic (exact) mass is 450 g/mol. The van der Waals surface area contributed by atoms with Crippen molar-refractivity contribution >= 4 is 23.1 Å². The van der Waals surface area contributed by atoms with Gasteiger partial charge in [0.1, 0.15) is 23.0 Å². The van der Waals surface area contributed by atoms with Gasteiger partial charge in [0.2, 0.25) is 0 Å². The van der Waals surface area contributed by atoms with Crippen molar-refractivity contribution in [2.45, 2.75) is 13.8 Å². The Morgan fingerprint density at radius 1 is 0.514 bits per heavy atom. The number of ether oxygens (including phenoxy) is 2. The first-order valence-electron chi connectivity index (χ1n) is 12.1. The van der Waals surface area contributed by atoms with Gasteiger partial charge in [0, 0.05) is 11.0 Å². The number of benzene rings is 5. The van der Waals surface area contributed by atoms with E-state index in [1.165, 1.54) is 38.7 Å². The van der Waals surface area contributed by atoms with Crippen LogP contribution in [0.4, 0.5) is 0 Å². The molecule has 2 heterocycles. The number of para-hydroxylation sites is 1. The molecule has 0 N–H and O–H groups in total. The lowest BCUT2D eigenvalue weighted by Gasteiger charge is -2.34. The van der Waals surface area contributed by atoms with Crippen molar-refractivity contribution in [3.05, 3.63) is 114 Å². The van der Waals surface area contributed by atoms with Gasteiger partial charge in [-0.3, -0.25) is 0 Å². The summed E-state index contributed by atoms with van der Waals surface area (Å²) in [5.74, 6) is 3.58. The summed E-state index contributed by atoms with van der Waals surface area (Å²) in [6.07, 6.45) is 0. The van der Waals surface area contributed by atoms with Gasteiger partial charge in [-0.2, -0.15) is 0 Å². The van der Waals surface area contributed by atoms with Crippen LogP contribution in [0.5, 0.6) is 23.0 Å². The molecule has 0 unspecified atom stereocenters. The smallest absolute Gasteiger partial charge is 0.260 e. The molecule has 2 aliphatic rings. The van der Waals surface area contributed by atoms with E-state index in [2.05, 4.69) is 105 Å². The highest BCUT2D eigenvalue weighted by Gasteiger charge is 2.40. The van der Waals surface area contributed by atoms with Crippen LogP contribution in [0.15, 0.2) is 103 Å². The van der Waals surface area contributed by atoms with Crippen LogP contribution in [0, 0.1) is 13.8 Å². The molecule has 0 bridgehead atoms. The molecule has 35 heavy (non-hydrogen) atoms. The molecule has 7 rings (SSSR count). The zero-order valence-electron chi connectivity index (χ0n) is 19.7. The van der Waals surface area contributed by atoms with Gasteiger partial charge < -0.3 is 9.47 Å². The molecular weight excluding hydrogens is 427 g/mol. The molecule has 5 aromatic rings. The lowest BCUT2D eigenvalue weighted by Crippen LogP contribution is -2.57. The quantitative estimate of drug-likeness (QED) is 0.285. The van der Waals surface area contributed by atoms with Gasteiger partial charge in [0.15, 0.2) is 0 Å². The molecule has 3 heteroatoms. The molecule has 0 spiro atoms. The number of hydrogen-bond acceptors (Lipinski definition) is 2. The van der Waals surface area contributed by atoms with Crippen molar-refractivity contribution < 1.29 is 9.47 Å². The lowest BCUT2D eigenvalue weighted by molar-refractivity contribution is 0.465. The standard InChI is InChI=1S/C32H23BO2/c1-20-9-3-5-11-23(20)22-17-18-28-27(19-22)33-26-14-7-13-25(24-12-6-4-10-21(24)2)32(26)35-30-16-8-15-29(34-28)31(30)33/h3-19H,1-2H3. The van der Waals surface area contributed by atoms with E-state index in [9.17, 15) is 0 Å². The van der Waals surface area contributed by atoms with E-state index in [0.29, 0.717) is 0 Å². The number of fused-ring (bicyclic) bond motifs is 4. The third-order valence-corrected chi connectivity index (χ3v) is 7.32. The second-order valence-corrected chi connectivity index (χ2v) is 9.41. The molecule has 0 radical (unpaired) electrons.